The van der Waals surface area contributed by atoms with Crippen molar-refractivity contribution in [1.82, 2.24) is 15.1 Å². The highest BCUT2D eigenvalue weighted by Gasteiger charge is 2.13. The van der Waals surface area contributed by atoms with Gasteiger partial charge in [-0.05, 0) is 39.5 Å². The SMILES string of the molecule is CCCCN1CCCN(CCNC)CC1. The Hall–Kier alpha value is -0.120. The molecule has 1 rings (SSSR count). The molecule has 0 amide bonds. The third-order valence-corrected chi connectivity index (χ3v) is 3.19. The average molecular weight is 213 g/mol. The summed E-state index contributed by atoms with van der Waals surface area (Å²) in [5.41, 5.74) is 0. The quantitative estimate of drug-likeness (QED) is 0.710. The molecule has 0 aromatic carbocycles. The Morgan fingerprint density at radius 1 is 1.00 bits per heavy atom. The molecular weight excluding hydrogens is 186 g/mol. The van der Waals surface area contributed by atoms with Crippen LogP contribution in [0.3, 0.4) is 0 Å². The van der Waals surface area contributed by atoms with Crippen LogP contribution in [0.15, 0.2) is 0 Å². The third kappa shape index (κ3) is 5.50. The molecule has 1 heterocycles. The van der Waals surface area contributed by atoms with Crippen molar-refractivity contribution in [3.8, 4) is 0 Å². The maximum absolute atomic E-state index is 3.23. The first kappa shape index (κ1) is 12.9. The van der Waals surface area contributed by atoms with E-state index < -0.39 is 0 Å². The number of nitrogens with one attached hydrogen (secondary N) is 1. The van der Waals surface area contributed by atoms with Crippen LogP contribution in [0.25, 0.3) is 0 Å². The number of rotatable bonds is 6. The first-order valence-corrected chi connectivity index (χ1v) is 6.46. The van der Waals surface area contributed by atoms with Gasteiger partial charge in [0.2, 0.25) is 0 Å². The molecule has 0 aromatic heterocycles. The van der Waals surface area contributed by atoms with Crippen LogP contribution in [0.1, 0.15) is 26.2 Å². The van der Waals surface area contributed by atoms with Crippen molar-refractivity contribution in [2.45, 2.75) is 26.2 Å². The topological polar surface area (TPSA) is 18.5 Å². The van der Waals surface area contributed by atoms with Crippen molar-refractivity contribution in [2.75, 3.05) is 52.9 Å². The minimum Gasteiger partial charge on any atom is -0.318 e. The van der Waals surface area contributed by atoms with Gasteiger partial charge in [-0.15, -0.1) is 0 Å². The lowest BCUT2D eigenvalue weighted by atomic mass is 10.3. The van der Waals surface area contributed by atoms with Crippen molar-refractivity contribution in [2.24, 2.45) is 0 Å². The summed E-state index contributed by atoms with van der Waals surface area (Å²) in [5.74, 6) is 0. The first-order valence-electron chi connectivity index (χ1n) is 6.46. The van der Waals surface area contributed by atoms with E-state index in [-0.39, 0.29) is 0 Å². The fourth-order valence-corrected chi connectivity index (χ4v) is 2.12. The highest BCUT2D eigenvalue weighted by Crippen LogP contribution is 2.04. The van der Waals surface area contributed by atoms with Crippen LogP contribution in [0.2, 0.25) is 0 Å². The van der Waals surface area contributed by atoms with E-state index in [1.807, 2.05) is 7.05 Å². The Balaban J connectivity index is 2.16. The average Bonchev–Trinajstić information content (AvgIpc) is 2.49. The second-order valence-corrected chi connectivity index (χ2v) is 4.49. The molecule has 0 atom stereocenters. The normalized spacial score (nSPS) is 20.4. The summed E-state index contributed by atoms with van der Waals surface area (Å²) in [6.07, 6.45) is 4.02. The van der Waals surface area contributed by atoms with E-state index in [4.69, 9.17) is 0 Å². The number of hydrogen-bond acceptors (Lipinski definition) is 3. The van der Waals surface area contributed by atoms with Gasteiger partial charge in [-0.1, -0.05) is 13.3 Å². The number of hydrogen-bond donors (Lipinski definition) is 1. The van der Waals surface area contributed by atoms with Crippen LogP contribution < -0.4 is 5.32 Å². The van der Waals surface area contributed by atoms with E-state index in [2.05, 4.69) is 22.0 Å². The van der Waals surface area contributed by atoms with E-state index in [9.17, 15) is 0 Å². The third-order valence-electron chi connectivity index (χ3n) is 3.19. The maximum Gasteiger partial charge on any atom is 0.0110 e. The summed E-state index contributed by atoms with van der Waals surface area (Å²) in [6, 6.07) is 0. The molecule has 1 fully saturated rings. The van der Waals surface area contributed by atoms with Crippen molar-refractivity contribution in [3.63, 3.8) is 0 Å². The molecule has 0 aromatic rings. The molecule has 1 N–H and O–H groups in total. The molecule has 0 unspecified atom stereocenters. The zero-order valence-corrected chi connectivity index (χ0v) is 10.5. The van der Waals surface area contributed by atoms with Crippen LogP contribution in [-0.2, 0) is 0 Å². The van der Waals surface area contributed by atoms with E-state index in [0.717, 1.165) is 6.54 Å². The van der Waals surface area contributed by atoms with Crippen molar-refractivity contribution in [1.29, 1.82) is 0 Å². The van der Waals surface area contributed by atoms with Crippen molar-refractivity contribution >= 4 is 0 Å². The van der Waals surface area contributed by atoms with Gasteiger partial charge in [-0.3, -0.25) is 0 Å². The van der Waals surface area contributed by atoms with Crippen LogP contribution in [0.5, 0.6) is 0 Å². The lowest BCUT2D eigenvalue weighted by Gasteiger charge is -2.21. The first-order chi connectivity index (χ1) is 7.36. The Morgan fingerprint density at radius 3 is 2.27 bits per heavy atom. The van der Waals surface area contributed by atoms with E-state index in [1.165, 1.54) is 58.5 Å². The highest BCUT2D eigenvalue weighted by atomic mass is 15.2. The molecule has 0 bridgehead atoms. The maximum atomic E-state index is 3.23. The van der Waals surface area contributed by atoms with Crippen LogP contribution >= 0.6 is 0 Å². The van der Waals surface area contributed by atoms with Gasteiger partial charge >= 0.3 is 0 Å². The molecule has 3 heteroatoms. The minimum absolute atomic E-state index is 1.12. The predicted octanol–water partition coefficient (Wildman–Crippen LogP) is 1.01. The summed E-state index contributed by atoms with van der Waals surface area (Å²) in [4.78, 5) is 5.21. The fourth-order valence-electron chi connectivity index (χ4n) is 2.12. The van der Waals surface area contributed by atoms with Gasteiger partial charge in [0, 0.05) is 26.2 Å². The van der Waals surface area contributed by atoms with Crippen LogP contribution in [0, 0.1) is 0 Å². The zero-order chi connectivity index (χ0) is 10.9. The Bertz CT molecular complexity index is 134. The Labute approximate surface area is 94.8 Å². The molecule has 0 aliphatic carbocycles. The Kier molecular flexibility index (Phi) is 6.98. The minimum atomic E-state index is 1.12. The summed E-state index contributed by atoms with van der Waals surface area (Å²) in [7, 11) is 2.03. The van der Waals surface area contributed by atoms with E-state index in [0.29, 0.717) is 0 Å². The van der Waals surface area contributed by atoms with Gasteiger partial charge < -0.3 is 15.1 Å². The lowest BCUT2D eigenvalue weighted by molar-refractivity contribution is 0.255. The zero-order valence-electron chi connectivity index (χ0n) is 10.5. The molecule has 90 valence electrons. The second-order valence-electron chi connectivity index (χ2n) is 4.49. The Morgan fingerprint density at radius 2 is 1.67 bits per heavy atom. The standard InChI is InChI=1S/C12H27N3/c1-3-4-7-14-8-5-9-15(12-11-14)10-6-13-2/h13H,3-12H2,1-2H3. The van der Waals surface area contributed by atoms with Gasteiger partial charge in [0.1, 0.15) is 0 Å². The predicted molar refractivity (Wildman–Crippen MR) is 66.3 cm³/mol. The van der Waals surface area contributed by atoms with Gasteiger partial charge in [0.25, 0.3) is 0 Å². The van der Waals surface area contributed by atoms with Gasteiger partial charge in [0.05, 0.1) is 0 Å². The highest BCUT2D eigenvalue weighted by molar-refractivity contribution is 4.69. The van der Waals surface area contributed by atoms with Crippen molar-refractivity contribution < 1.29 is 0 Å². The summed E-state index contributed by atoms with van der Waals surface area (Å²) in [5, 5.41) is 3.23. The molecule has 0 saturated carbocycles. The summed E-state index contributed by atoms with van der Waals surface area (Å²) >= 11 is 0. The molecule has 1 aliphatic rings. The molecule has 15 heavy (non-hydrogen) atoms. The lowest BCUT2D eigenvalue weighted by Crippen LogP contribution is -2.34. The molecule has 0 spiro atoms. The fraction of sp³-hybridized carbons (Fsp3) is 1.00. The largest absolute Gasteiger partial charge is 0.318 e. The smallest absolute Gasteiger partial charge is 0.0110 e. The van der Waals surface area contributed by atoms with Crippen LogP contribution in [0.4, 0.5) is 0 Å². The van der Waals surface area contributed by atoms with Gasteiger partial charge in [-0.2, -0.15) is 0 Å². The van der Waals surface area contributed by atoms with Gasteiger partial charge in [0.15, 0.2) is 0 Å². The van der Waals surface area contributed by atoms with E-state index >= 15 is 0 Å². The molecule has 1 aliphatic heterocycles. The molecule has 0 radical (unpaired) electrons. The van der Waals surface area contributed by atoms with E-state index in [1.54, 1.807) is 0 Å². The monoisotopic (exact) mass is 213 g/mol. The van der Waals surface area contributed by atoms with Crippen molar-refractivity contribution in [3.05, 3.63) is 0 Å². The number of nitrogens with zero attached hydrogens (tertiary/aromatic N) is 2. The van der Waals surface area contributed by atoms with Crippen LogP contribution in [-0.4, -0.2) is 62.7 Å². The molecule has 3 nitrogen and oxygen atoms in total. The molecular formula is C12H27N3. The summed E-state index contributed by atoms with van der Waals surface area (Å²) in [6.45, 7) is 11.0. The molecule has 1 saturated heterocycles. The van der Waals surface area contributed by atoms with Gasteiger partial charge in [-0.25, -0.2) is 0 Å². The number of unbranched alkanes of at least 4 members (excludes halogenated alkanes) is 1. The summed E-state index contributed by atoms with van der Waals surface area (Å²) < 4.78 is 0. The number of likely N-dealkylation sites (N-methyl/N-ethyl adjacent to an activating group) is 1. The second kappa shape index (κ2) is 8.08.